The molecule has 1 aromatic heterocycles. The van der Waals surface area contributed by atoms with Gasteiger partial charge in [0.1, 0.15) is 0 Å². The van der Waals surface area contributed by atoms with E-state index in [-0.39, 0.29) is 5.91 Å². The molecule has 0 atom stereocenters. The number of rotatable bonds is 8. The standard InChI is InChI=1S/C20H22N2O3/c1-4-16-8-6-9-18(14-16)22(5-2)20(23)17-10-11-19(21-15-17)25-13-7-12-24-3/h1,6,8-11,14-15H,5,7,12-13H2,2-3H3. The van der Waals surface area contributed by atoms with Gasteiger partial charge in [-0.3, -0.25) is 4.79 Å². The number of benzene rings is 1. The Balaban J connectivity index is 2.08. The van der Waals surface area contributed by atoms with E-state index in [0.717, 1.165) is 17.7 Å². The molecule has 0 aliphatic rings. The number of nitrogens with zero attached hydrogens (tertiary/aromatic N) is 2. The lowest BCUT2D eigenvalue weighted by molar-refractivity contribution is 0.0988. The van der Waals surface area contributed by atoms with E-state index in [1.165, 1.54) is 6.20 Å². The molecule has 2 rings (SSSR count). The van der Waals surface area contributed by atoms with Crippen LogP contribution in [0.5, 0.6) is 5.88 Å². The summed E-state index contributed by atoms with van der Waals surface area (Å²) in [5.41, 5.74) is 2.00. The smallest absolute Gasteiger partial charge is 0.259 e. The Hall–Kier alpha value is -2.84. The Morgan fingerprint density at radius 1 is 1.28 bits per heavy atom. The van der Waals surface area contributed by atoms with Crippen molar-refractivity contribution in [3.8, 4) is 18.2 Å². The van der Waals surface area contributed by atoms with Crippen LogP contribution >= 0.6 is 0 Å². The van der Waals surface area contributed by atoms with Gasteiger partial charge in [-0.05, 0) is 31.2 Å². The third-order valence-electron chi connectivity index (χ3n) is 3.61. The van der Waals surface area contributed by atoms with Crippen LogP contribution in [0, 0.1) is 12.3 Å². The minimum Gasteiger partial charge on any atom is -0.478 e. The number of terminal acetylenes is 1. The van der Waals surface area contributed by atoms with Crippen LogP contribution in [-0.4, -0.2) is 37.8 Å². The van der Waals surface area contributed by atoms with Crippen molar-refractivity contribution in [1.82, 2.24) is 4.98 Å². The molecule has 0 bridgehead atoms. The highest BCUT2D eigenvalue weighted by atomic mass is 16.5. The predicted molar refractivity (Wildman–Crippen MR) is 98.0 cm³/mol. The Bertz CT molecular complexity index is 735. The van der Waals surface area contributed by atoms with Crippen molar-refractivity contribution < 1.29 is 14.3 Å². The van der Waals surface area contributed by atoms with Gasteiger partial charge in [-0.25, -0.2) is 4.98 Å². The van der Waals surface area contributed by atoms with Crippen molar-refractivity contribution in [2.75, 3.05) is 31.8 Å². The highest BCUT2D eigenvalue weighted by molar-refractivity contribution is 6.06. The maximum absolute atomic E-state index is 12.8. The summed E-state index contributed by atoms with van der Waals surface area (Å²) in [6, 6.07) is 10.8. The number of hydrogen-bond acceptors (Lipinski definition) is 4. The fourth-order valence-electron chi connectivity index (χ4n) is 2.34. The second-order valence-electron chi connectivity index (χ2n) is 5.32. The number of pyridine rings is 1. The van der Waals surface area contributed by atoms with E-state index in [9.17, 15) is 4.79 Å². The average molecular weight is 338 g/mol. The number of carbonyl (C=O) groups is 1. The lowest BCUT2D eigenvalue weighted by Gasteiger charge is -2.21. The second-order valence-corrected chi connectivity index (χ2v) is 5.32. The first-order chi connectivity index (χ1) is 12.2. The number of methoxy groups -OCH3 is 1. The third kappa shape index (κ3) is 5.07. The van der Waals surface area contributed by atoms with Crippen molar-refractivity contribution in [3.63, 3.8) is 0 Å². The minimum atomic E-state index is -0.130. The number of anilines is 1. The lowest BCUT2D eigenvalue weighted by Crippen LogP contribution is -2.30. The van der Waals surface area contributed by atoms with Crippen LogP contribution in [-0.2, 0) is 4.74 Å². The molecule has 0 saturated carbocycles. The zero-order valence-corrected chi connectivity index (χ0v) is 14.6. The summed E-state index contributed by atoms with van der Waals surface area (Å²) < 4.78 is 10.5. The maximum atomic E-state index is 12.8. The normalized spacial score (nSPS) is 10.1. The van der Waals surface area contributed by atoms with Crippen molar-refractivity contribution in [2.45, 2.75) is 13.3 Å². The third-order valence-corrected chi connectivity index (χ3v) is 3.61. The second kappa shape index (κ2) is 9.45. The molecule has 0 spiro atoms. The molecule has 25 heavy (non-hydrogen) atoms. The molecule has 1 amide bonds. The molecular formula is C20H22N2O3. The van der Waals surface area contributed by atoms with Gasteiger partial charge in [-0.2, -0.15) is 0 Å². The molecule has 5 heteroatoms. The number of amides is 1. The summed E-state index contributed by atoms with van der Waals surface area (Å²) in [5, 5.41) is 0. The van der Waals surface area contributed by atoms with Gasteiger partial charge >= 0.3 is 0 Å². The van der Waals surface area contributed by atoms with Crippen LogP contribution in [0.15, 0.2) is 42.6 Å². The summed E-state index contributed by atoms with van der Waals surface area (Å²) >= 11 is 0. The summed E-state index contributed by atoms with van der Waals surface area (Å²) in [5.74, 6) is 2.95. The quantitative estimate of drug-likeness (QED) is 0.548. The van der Waals surface area contributed by atoms with E-state index in [1.807, 2.05) is 31.2 Å². The van der Waals surface area contributed by atoms with E-state index < -0.39 is 0 Å². The molecule has 1 heterocycles. The van der Waals surface area contributed by atoms with Gasteiger partial charge < -0.3 is 14.4 Å². The maximum Gasteiger partial charge on any atom is 0.259 e. The molecule has 0 fully saturated rings. The molecule has 0 N–H and O–H groups in total. The summed E-state index contributed by atoms with van der Waals surface area (Å²) in [6.07, 6.45) is 7.75. The molecule has 130 valence electrons. The Labute approximate surface area is 148 Å². The van der Waals surface area contributed by atoms with E-state index in [4.69, 9.17) is 15.9 Å². The first-order valence-corrected chi connectivity index (χ1v) is 8.16. The molecule has 0 aliphatic carbocycles. The highest BCUT2D eigenvalue weighted by Crippen LogP contribution is 2.19. The highest BCUT2D eigenvalue weighted by Gasteiger charge is 2.16. The van der Waals surface area contributed by atoms with E-state index in [1.54, 1.807) is 24.1 Å². The fraction of sp³-hybridized carbons (Fsp3) is 0.300. The van der Waals surface area contributed by atoms with Gasteiger partial charge in [0.25, 0.3) is 5.91 Å². The zero-order chi connectivity index (χ0) is 18.1. The Morgan fingerprint density at radius 2 is 2.12 bits per heavy atom. The van der Waals surface area contributed by atoms with E-state index >= 15 is 0 Å². The van der Waals surface area contributed by atoms with Crippen molar-refractivity contribution in [2.24, 2.45) is 0 Å². The van der Waals surface area contributed by atoms with Gasteiger partial charge in [0.2, 0.25) is 5.88 Å². The van der Waals surface area contributed by atoms with Crippen LogP contribution < -0.4 is 9.64 Å². The topological polar surface area (TPSA) is 51.7 Å². The SMILES string of the molecule is C#Cc1cccc(N(CC)C(=O)c2ccc(OCCCOC)nc2)c1. The van der Waals surface area contributed by atoms with E-state index in [0.29, 0.717) is 31.2 Å². The molecule has 0 radical (unpaired) electrons. The summed E-state index contributed by atoms with van der Waals surface area (Å²) in [6.45, 7) is 3.61. The Kier molecular flexibility index (Phi) is 7.00. The number of carbonyl (C=O) groups excluding carboxylic acids is 1. The van der Waals surface area contributed by atoms with Gasteiger partial charge in [0.05, 0.1) is 12.2 Å². The average Bonchev–Trinajstić information content (AvgIpc) is 2.66. The number of ether oxygens (including phenoxy) is 2. The van der Waals surface area contributed by atoms with E-state index in [2.05, 4.69) is 10.9 Å². The first-order valence-electron chi connectivity index (χ1n) is 8.16. The minimum absolute atomic E-state index is 0.130. The molecule has 0 aliphatic heterocycles. The van der Waals surface area contributed by atoms with Crippen LogP contribution in [0.4, 0.5) is 5.69 Å². The van der Waals surface area contributed by atoms with Gasteiger partial charge in [0, 0.05) is 50.2 Å². The fourth-order valence-corrected chi connectivity index (χ4v) is 2.34. The van der Waals surface area contributed by atoms with Crippen LogP contribution in [0.1, 0.15) is 29.3 Å². The van der Waals surface area contributed by atoms with Crippen LogP contribution in [0.2, 0.25) is 0 Å². The molecule has 5 nitrogen and oxygen atoms in total. The van der Waals surface area contributed by atoms with Gasteiger partial charge in [-0.1, -0.05) is 12.0 Å². The van der Waals surface area contributed by atoms with Crippen molar-refractivity contribution in [1.29, 1.82) is 0 Å². The lowest BCUT2D eigenvalue weighted by atomic mass is 10.1. The molecular weight excluding hydrogens is 316 g/mol. The number of aromatic nitrogens is 1. The molecule has 0 saturated heterocycles. The van der Waals surface area contributed by atoms with Crippen molar-refractivity contribution >= 4 is 11.6 Å². The van der Waals surface area contributed by atoms with Crippen molar-refractivity contribution in [3.05, 3.63) is 53.7 Å². The predicted octanol–water partition coefficient (Wildman–Crippen LogP) is 3.14. The van der Waals surface area contributed by atoms with Crippen LogP contribution in [0.3, 0.4) is 0 Å². The van der Waals surface area contributed by atoms with Gasteiger partial charge in [0.15, 0.2) is 0 Å². The molecule has 1 aromatic carbocycles. The molecule has 2 aromatic rings. The van der Waals surface area contributed by atoms with Crippen LogP contribution in [0.25, 0.3) is 0 Å². The largest absolute Gasteiger partial charge is 0.478 e. The first kappa shape index (κ1) is 18.5. The zero-order valence-electron chi connectivity index (χ0n) is 14.6. The van der Waals surface area contributed by atoms with Gasteiger partial charge in [-0.15, -0.1) is 6.42 Å². The summed E-state index contributed by atoms with van der Waals surface area (Å²) in [4.78, 5) is 18.6. The monoisotopic (exact) mass is 338 g/mol. The Morgan fingerprint density at radius 3 is 2.76 bits per heavy atom. The summed E-state index contributed by atoms with van der Waals surface area (Å²) in [7, 11) is 1.65. The number of hydrogen-bond donors (Lipinski definition) is 0. The molecule has 0 unspecified atom stereocenters.